The third-order valence-corrected chi connectivity index (χ3v) is 3.81. The van der Waals surface area contributed by atoms with E-state index in [0.717, 1.165) is 19.3 Å². The maximum Gasteiger partial charge on any atom is 0.435 e. The highest BCUT2D eigenvalue weighted by Crippen LogP contribution is 2.37. The van der Waals surface area contributed by atoms with Crippen LogP contribution in [0.5, 0.6) is 0 Å². The number of hydrogen-bond donors (Lipinski definition) is 1. The highest BCUT2D eigenvalue weighted by atomic mass is 32.1. The van der Waals surface area contributed by atoms with Crippen molar-refractivity contribution in [1.82, 2.24) is 4.98 Å². The van der Waals surface area contributed by atoms with E-state index >= 15 is 0 Å². The van der Waals surface area contributed by atoms with Gasteiger partial charge < -0.3 is 10.0 Å². The molecule has 1 aromatic heterocycles. The molecule has 1 N–H and O–H groups in total. The summed E-state index contributed by atoms with van der Waals surface area (Å²) in [7, 11) is 0. The maximum absolute atomic E-state index is 12.7. The van der Waals surface area contributed by atoms with E-state index in [-0.39, 0.29) is 5.13 Å². The molecule has 0 spiro atoms. The van der Waals surface area contributed by atoms with Gasteiger partial charge in [-0.2, -0.15) is 13.2 Å². The van der Waals surface area contributed by atoms with Crippen LogP contribution in [0.25, 0.3) is 0 Å². The Kier molecular flexibility index (Phi) is 3.47. The Labute approximate surface area is 105 Å². The lowest BCUT2D eigenvalue weighted by Gasteiger charge is -2.25. The van der Waals surface area contributed by atoms with E-state index in [1.165, 1.54) is 0 Å². The second kappa shape index (κ2) is 4.75. The fourth-order valence-corrected chi connectivity index (χ4v) is 2.84. The lowest BCUT2D eigenvalue weighted by atomic mass is 10.1. The minimum Gasteiger partial charge on any atom is -0.477 e. The third kappa shape index (κ3) is 2.58. The summed E-state index contributed by atoms with van der Waals surface area (Å²) in [5.41, 5.74) is -1.29. The number of carboxylic acids is 1. The van der Waals surface area contributed by atoms with E-state index in [9.17, 15) is 18.0 Å². The molecule has 2 rings (SSSR count). The zero-order chi connectivity index (χ0) is 13.3. The smallest absolute Gasteiger partial charge is 0.435 e. The Morgan fingerprint density at radius 2 is 1.89 bits per heavy atom. The van der Waals surface area contributed by atoms with Crippen LogP contribution in [0.3, 0.4) is 0 Å². The molecule has 4 nitrogen and oxygen atoms in total. The van der Waals surface area contributed by atoms with Gasteiger partial charge in [-0.25, -0.2) is 9.78 Å². The van der Waals surface area contributed by atoms with Gasteiger partial charge in [-0.15, -0.1) is 0 Å². The average molecular weight is 280 g/mol. The van der Waals surface area contributed by atoms with E-state index in [1.807, 2.05) is 0 Å². The molecule has 100 valence electrons. The standard InChI is InChI=1S/C10H11F3N2O2S/c11-10(12,13)7-6(8(16)17)18-9(14-7)15-4-2-1-3-5-15/h1-5H2,(H,16,17). The fourth-order valence-electron chi connectivity index (χ4n) is 1.87. The Hall–Kier alpha value is -1.31. The van der Waals surface area contributed by atoms with Crippen LogP contribution >= 0.6 is 11.3 Å². The molecule has 1 aliphatic rings. The number of nitrogens with zero attached hydrogens (tertiary/aromatic N) is 2. The van der Waals surface area contributed by atoms with Gasteiger partial charge in [0, 0.05) is 13.1 Å². The number of halogens is 3. The van der Waals surface area contributed by atoms with E-state index < -0.39 is 22.7 Å². The molecule has 0 unspecified atom stereocenters. The fraction of sp³-hybridized carbons (Fsp3) is 0.600. The summed E-state index contributed by atoms with van der Waals surface area (Å²) in [6, 6.07) is 0. The van der Waals surface area contributed by atoms with Gasteiger partial charge in [0.25, 0.3) is 0 Å². The van der Waals surface area contributed by atoms with E-state index in [2.05, 4.69) is 4.98 Å². The molecule has 0 saturated carbocycles. The van der Waals surface area contributed by atoms with Crippen LogP contribution in [0, 0.1) is 0 Å². The van der Waals surface area contributed by atoms with Crippen LogP contribution in [0.4, 0.5) is 18.3 Å². The van der Waals surface area contributed by atoms with Crippen LogP contribution in [-0.2, 0) is 6.18 Å². The van der Waals surface area contributed by atoms with E-state index in [4.69, 9.17) is 5.11 Å². The molecule has 0 amide bonds. The molecule has 0 aromatic carbocycles. The summed E-state index contributed by atoms with van der Waals surface area (Å²) in [4.78, 5) is 15.3. The van der Waals surface area contributed by atoms with Crippen molar-refractivity contribution in [2.24, 2.45) is 0 Å². The van der Waals surface area contributed by atoms with Crippen molar-refractivity contribution in [3.05, 3.63) is 10.6 Å². The van der Waals surface area contributed by atoms with Crippen LogP contribution in [0.1, 0.15) is 34.6 Å². The summed E-state index contributed by atoms with van der Waals surface area (Å²) in [5, 5.41) is 8.94. The highest BCUT2D eigenvalue weighted by molar-refractivity contribution is 7.17. The van der Waals surface area contributed by atoms with Crippen molar-refractivity contribution >= 4 is 22.4 Å². The first-order valence-electron chi connectivity index (χ1n) is 5.46. The summed E-state index contributed by atoms with van der Waals surface area (Å²) < 4.78 is 38.0. The van der Waals surface area contributed by atoms with Gasteiger partial charge in [-0.3, -0.25) is 0 Å². The lowest BCUT2D eigenvalue weighted by molar-refractivity contribution is -0.141. The number of rotatable bonds is 2. The lowest BCUT2D eigenvalue weighted by Crippen LogP contribution is -2.29. The molecule has 0 atom stereocenters. The maximum atomic E-state index is 12.7. The first-order valence-corrected chi connectivity index (χ1v) is 6.27. The van der Waals surface area contributed by atoms with Crippen molar-refractivity contribution in [2.45, 2.75) is 25.4 Å². The number of thiazole rings is 1. The molecular weight excluding hydrogens is 269 g/mol. The third-order valence-electron chi connectivity index (χ3n) is 2.71. The Morgan fingerprint density at radius 1 is 1.28 bits per heavy atom. The number of carbonyl (C=O) groups is 1. The largest absolute Gasteiger partial charge is 0.477 e. The zero-order valence-corrected chi connectivity index (χ0v) is 10.1. The molecule has 1 saturated heterocycles. The molecule has 1 aliphatic heterocycles. The minimum atomic E-state index is -4.72. The van der Waals surface area contributed by atoms with Gasteiger partial charge in [-0.05, 0) is 19.3 Å². The van der Waals surface area contributed by atoms with E-state index in [1.54, 1.807) is 4.90 Å². The Balaban J connectivity index is 2.35. The number of alkyl halides is 3. The number of anilines is 1. The van der Waals surface area contributed by atoms with Gasteiger partial charge in [0.15, 0.2) is 10.8 Å². The number of aromatic carboxylic acids is 1. The zero-order valence-electron chi connectivity index (χ0n) is 9.33. The Bertz CT molecular complexity index is 452. The molecule has 1 aromatic rings. The summed E-state index contributed by atoms with van der Waals surface area (Å²) in [6.07, 6.45) is -1.90. The second-order valence-corrected chi connectivity index (χ2v) is 5.00. The van der Waals surface area contributed by atoms with Gasteiger partial charge in [0.05, 0.1) is 0 Å². The predicted molar refractivity (Wildman–Crippen MR) is 60.1 cm³/mol. The monoisotopic (exact) mass is 280 g/mol. The number of hydrogen-bond acceptors (Lipinski definition) is 4. The molecule has 0 aliphatic carbocycles. The topological polar surface area (TPSA) is 53.4 Å². The first kappa shape index (κ1) is 13.1. The SMILES string of the molecule is O=C(O)c1sc(N2CCCCC2)nc1C(F)(F)F. The number of piperidine rings is 1. The number of aromatic nitrogens is 1. The van der Waals surface area contributed by atoms with Crippen molar-refractivity contribution in [2.75, 3.05) is 18.0 Å². The van der Waals surface area contributed by atoms with Crippen molar-refractivity contribution in [3.63, 3.8) is 0 Å². The molecule has 0 bridgehead atoms. The quantitative estimate of drug-likeness (QED) is 0.905. The molecule has 8 heteroatoms. The van der Waals surface area contributed by atoms with Gasteiger partial charge in [0.2, 0.25) is 0 Å². The second-order valence-electron chi connectivity index (χ2n) is 4.02. The normalized spacial score (nSPS) is 16.9. The molecule has 1 fully saturated rings. The van der Waals surface area contributed by atoms with Crippen LogP contribution in [0.15, 0.2) is 0 Å². The summed E-state index contributed by atoms with van der Waals surface area (Å²) in [6.45, 7) is 1.26. The molecule has 2 heterocycles. The summed E-state index contributed by atoms with van der Waals surface area (Å²) >= 11 is 0.596. The first-order chi connectivity index (χ1) is 8.39. The van der Waals surface area contributed by atoms with Crippen molar-refractivity contribution < 1.29 is 23.1 Å². The molecular formula is C10H11F3N2O2S. The number of carboxylic acid groups (broad SMARTS) is 1. The summed E-state index contributed by atoms with van der Waals surface area (Å²) in [5.74, 6) is -1.58. The molecule has 18 heavy (non-hydrogen) atoms. The molecule has 0 radical (unpaired) electrons. The minimum absolute atomic E-state index is 0.152. The van der Waals surface area contributed by atoms with Crippen LogP contribution < -0.4 is 4.90 Å². The van der Waals surface area contributed by atoms with Crippen molar-refractivity contribution in [1.29, 1.82) is 0 Å². The van der Waals surface area contributed by atoms with Gasteiger partial charge in [0.1, 0.15) is 4.88 Å². The average Bonchev–Trinajstić information content (AvgIpc) is 2.74. The van der Waals surface area contributed by atoms with Crippen molar-refractivity contribution in [3.8, 4) is 0 Å². The van der Waals surface area contributed by atoms with Gasteiger partial charge >= 0.3 is 12.1 Å². The predicted octanol–water partition coefficient (Wildman–Crippen LogP) is 2.85. The highest BCUT2D eigenvalue weighted by Gasteiger charge is 2.40. The van der Waals surface area contributed by atoms with Crippen LogP contribution in [0.2, 0.25) is 0 Å². The van der Waals surface area contributed by atoms with E-state index in [0.29, 0.717) is 24.4 Å². The van der Waals surface area contributed by atoms with Gasteiger partial charge in [-0.1, -0.05) is 11.3 Å². The van der Waals surface area contributed by atoms with Crippen LogP contribution in [-0.4, -0.2) is 29.1 Å². The Morgan fingerprint density at radius 3 is 2.33 bits per heavy atom.